The first-order valence-electron chi connectivity index (χ1n) is 8.66. The molecule has 0 aliphatic carbocycles. The summed E-state index contributed by atoms with van der Waals surface area (Å²) in [4.78, 5) is 17.3. The van der Waals surface area contributed by atoms with Crippen molar-refractivity contribution in [2.24, 2.45) is 0 Å². The number of ether oxygens (including phenoxy) is 1. The summed E-state index contributed by atoms with van der Waals surface area (Å²) >= 11 is 1.88. The molecule has 4 heterocycles. The van der Waals surface area contributed by atoms with Gasteiger partial charge in [0.2, 0.25) is 0 Å². The first-order valence-corrected chi connectivity index (χ1v) is 9.48. The highest BCUT2D eigenvalue weighted by Crippen LogP contribution is 2.39. The van der Waals surface area contributed by atoms with Crippen molar-refractivity contribution in [2.75, 3.05) is 44.3 Å². The Hall–Kier alpha value is -1.24. The third-order valence-electron chi connectivity index (χ3n) is 4.88. The van der Waals surface area contributed by atoms with E-state index in [1.165, 1.54) is 20.7 Å². The standard InChI is InChI=1S/C17H24N4OS/c1-3-14-18-16(21-7-9-22-10-8-21)15-12-5-6-20(4-2)11-13(12)23-17(15)19-14/h3-11H2,1-2H3. The molecular formula is C17H24N4OS. The number of hydrogen-bond acceptors (Lipinski definition) is 6. The molecule has 0 atom stereocenters. The van der Waals surface area contributed by atoms with Crippen molar-refractivity contribution in [3.8, 4) is 0 Å². The lowest BCUT2D eigenvalue weighted by Crippen LogP contribution is -2.37. The van der Waals surface area contributed by atoms with Crippen LogP contribution in [0, 0.1) is 0 Å². The van der Waals surface area contributed by atoms with Crippen LogP contribution in [-0.2, 0) is 24.1 Å². The van der Waals surface area contributed by atoms with Crippen LogP contribution in [-0.4, -0.2) is 54.3 Å². The van der Waals surface area contributed by atoms with E-state index in [0.29, 0.717) is 0 Å². The van der Waals surface area contributed by atoms with Crippen LogP contribution >= 0.6 is 11.3 Å². The number of aromatic nitrogens is 2. The Bertz CT molecular complexity index is 708. The molecular weight excluding hydrogens is 308 g/mol. The minimum absolute atomic E-state index is 0.795. The van der Waals surface area contributed by atoms with E-state index in [4.69, 9.17) is 14.7 Å². The molecule has 6 heteroatoms. The number of morpholine rings is 1. The van der Waals surface area contributed by atoms with Crippen LogP contribution in [0.25, 0.3) is 10.2 Å². The SMILES string of the molecule is CCc1nc(N2CCOCC2)c2c3c(sc2n1)CN(CC)CC3. The van der Waals surface area contributed by atoms with Gasteiger partial charge in [-0.2, -0.15) is 0 Å². The molecule has 2 aliphatic rings. The number of fused-ring (bicyclic) bond motifs is 3. The molecule has 1 fully saturated rings. The fourth-order valence-electron chi connectivity index (χ4n) is 3.50. The van der Waals surface area contributed by atoms with Crippen molar-refractivity contribution in [2.45, 2.75) is 33.2 Å². The summed E-state index contributed by atoms with van der Waals surface area (Å²) in [5, 5.41) is 1.32. The maximum Gasteiger partial charge on any atom is 0.141 e. The number of likely N-dealkylation sites (N-methyl/N-ethyl adjacent to an activating group) is 1. The molecule has 23 heavy (non-hydrogen) atoms. The molecule has 2 aliphatic heterocycles. The molecule has 4 rings (SSSR count). The molecule has 2 aromatic rings. The second-order valence-electron chi connectivity index (χ2n) is 6.22. The fourth-order valence-corrected chi connectivity index (χ4v) is 4.78. The van der Waals surface area contributed by atoms with E-state index in [2.05, 4.69) is 23.6 Å². The zero-order chi connectivity index (χ0) is 15.8. The molecule has 2 aromatic heterocycles. The van der Waals surface area contributed by atoms with Crippen LogP contribution in [0.1, 0.15) is 30.1 Å². The van der Waals surface area contributed by atoms with E-state index in [9.17, 15) is 0 Å². The van der Waals surface area contributed by atoms with E-state index < -0.39 is 0 Å². The van der Waals surface area contributed by atoms with Gasteiger partial charge in [0.25, 0.3) is 0 Å². The van der Waals surface area contributed by atoms with E-state index in [-0.39, 0.29) is 0 Å². The van der Waals surface area contributed by atoms with Crippen LogP contribution in [0.2, 0.25) is 0 Å². The first kappa shape index (κ1) is 15.3. The van der Waals surface area contributed by atoms with Crippen LogP contribution in [0.4, 0.5) is 5.82 Å². The number of aryl methyl sites for hydroxylation is 1. The Kier molecular flexibility index (Phi) is 4.22. The van der Waals surface area contributed by atoms with Gasteiger partial charge in [-0.15, -0.1) is 11.3 Å². The lowest BCUT2D eigenvalue weighted by atomic mass is 10.0. The summed E-state index contributed by atoms with van der Waals surface area (Å²) in [6.45, 7) is 11.2. The van der Waals surface area contributed by atoms with Gasteiger partial charge in [0.15, 0.2) is 0 Å². The van der Waals surface area contributed by atoms with Crippen molar-refractivity contribution in [1.29, 1.82) is 0 Å². The maximum absolute atomic E-state index is 5.52. The summed E-state index contributed by atoms with van der Waals surface area (Å²) in [6.07, 6.45) is 2.01. The predicted octanol–water partition coefficient (Wildman–Crippen LogP) is 2.47. The molecule has 0 unspecified atom stereocenters. The van der Waals surface area contributed by atoms with E-state index in [1.807, 2.05) is 11.3 Å². The van der Waals surface area contributed by atoms with Crippen molar-refractivity contribution >= 4 is 27.4 Å². The van der Waals surface area contributed by atoms with Crippen LogP contribution in [0.3, 0.4) is 0 Å². The summed E-state index contributed by atoms with van der Waals surface area (Å²) in [5.41, 5.74) is 1.50. The molecule has 0 N–H and O–H groups in total. The summed E-state index contributed by atoms with van der Waals surface area (Å²) in [7, 11) is 0. The average Bonchev–Trinajstić information content (AvgIpc) is 2.98. The summed E-state index contributed by atoms with van der Waals surface area (Å²) in [5.74, 6) is 2.11. The lowest BCUT2D eigenvalue weighted by Gasteiger charge is -2.29. The number of anilines is 1. The van der Waals surface area contributed by atoms with E-state index in [1.54, 1.807) is 0 Å². The van der Waals surface area contributed by atoms with E-state index >= 15 is 0 Å². The quantitative estimate of drug-likeness (QED) is 0.864. The van der Waals surface area contributed by atoms with Gasteiger partial charge >= 0.3 is 0 Å². The third-order valence-corrected chi connectivity index (χ3v) is 5.99. The Morgan fingerprint density at radius 1 is 1.13 bits per heavy atom. The number of nitrogens with zero attached hydrogens (tertiary/aromatic N) is 4. The lowest BCUT2D eigenvalue weighted by molar-refractivity contribution is 0.122. The molecule has 0 amide bonds. The minimum Gasteiger partial charge on any atom is -0.378 e. The third kappa shape index (κ3) is 2.73. The highest BCUT2D eigenvalue weighted by Gasteiger charge is 2.26. The van der Waals surface area contributed by atoms with Gasteiger partial charge in [-0.25, -0.2) is 9.97 Å². The van der Waals surface area contributed by atoms with Gasteiger partial charge < -0.3 is 9.64 Å². The van der Waals surface area contributed by atoms with Crippen LogP contribution in [0.5, 0.6) is 0 Å². The molecule has 124 valence electrons. The minimum atomic E-state index is 0.795. The Morgan fingerprint density at radius 2 is 1.96 bits per heavy atom. The molecule has 0 bridgehead atoms. The Labute approximate surface area is 141 Å². The van der Waals surface area contributed by atoms with Crippen LogP contribution in [0.15, 0.2) is 0 Å². The zero-order valence-corrected chi connectivity index (χ0v) is 14.8. The van der Waals surface area contributed by atoms with Gasteiger partial charge in [0.1, 0.15) is 16.5 Å². The van der Waals surface area contributed by atoms with Crippen molar-refractivity contribution in [3.63, 3.8) is 0 Å². The monoisotopic (exact) mass is 332 g/mol. The first-order chi connectivity index (χ1) is 11.3. The number of hydrogen-bond donors (Lipinski definition) is 0. The number of thiophene rings is 1. The normalized spacial score (nSPS) is 19.3. The fraction of sp³-hybridized carbons (Fsp3) is 0.647. The average molecular weight is 332 g/mol. The number of rotatable bonds is 3. The van der Waals surface area contributed by atoms with Crippen molar-refractivity contribution in [3.05, 3.63) is 16.3 Å². The molecule has 5 nitrogen and oxygen atoms in total. The summed E-state index contributed by atoms with van der Waals surface area (Å²) in [6, 6.07) is 0. The molecule has 1 saturated heterocycles. The van der Waals surface area contributed by atoms with Gasteiger partial charge in [0.05, 0.1) is 18.6 Å². The van der Waals surface area contributed by atoms with Gasteiger partial charge in [-0.3, -0.25) is 4.90 Å². The van der Waals surface area contributed by atoms with E-state index in [0.717, 1.165) is 70.4 Å². The Balaban J connectivity index is 1.84. The highest BCUT2D eigenvalue weighted by molar-refractivity contribution is 7.19. The Morgan fingerprint density at radius 3 is 2.70 bits per heavy atom. The van der Waals surface area contributed by atoms with Crippen molar-refractivity contribution in [1.82, 2.24) is 14.9 Å². The molecule has 0 radical (unpaired) electrons. The maximum atomic E-state index is 5.52. The highest BCUT2D eigenvalue weighted by atomic mass is 32.1. The van der Waals surface area contributed by atoms with Crippen molar-refractivity contribution < 1.29 is 4.74 Å². The molecule has 0 spiro atoms. The molecule has 0 aromatic carbocycles. The smallest absolute Gasteiger partial charge is 0.141 e. The zero-order valence-electron chi connectivity index (χ0n) is 14.0. The van der Waals surface area contributed by atoms with Crippen LogP contribution < -0.4 is 4.90 Å². The topological polar surface area (TPSA) is 41.5 Å². The second-order valence-corrected chi connectivity index (χ2v) is 7.30. The summed E-state index contributed by atoms with van der Waals surface area (Å²) < 4.78 is 5.52. The van der Waals surface area contributed by atoms with Gasteiger partial charge in [0, 0.05) is 37.5 Å². The van der Waals surface area contributed by atoms with Gasteiger partial charge in [-0.1, -0.05) is 13.8 Å². The predicted molar refractivity (Wildman–Crippen MR) is 94.5 cm³/mol. The largest absolute Gasteiger partial charge is 0.378 e. The van der Waals surface area contributed by atoms with Gasteiger partial charge in [-0.05, 0) is 18.5 Å². The molecule has 0 saturated carbocycles. The second kappa shape index (κ2) is 6.34.